The van der Waals surface area contributed by atoms with Gasteiger partial charge >= 0.3 is 6.18 Å². The number of rotatable bonds is 4. The fourth-order valence-corrected chi connectivity index (χ4v) is 3.46. The molecule has 0 saturated carbocycles. The molecule has 1 aromatic heterocycles. The van der Waals surface area contributed by atoms with E-state index in [1.807, 2.05) is 19.0 Å². The summed E-state index contributed by atoms with van der Waals surface area (Å²) in [5.41, 5.74) is -0.0435. The van der Waals surface area contributed by atoms with Gasteiger partial charge in [-0.3, -0.25) is 9.48 Å². The predicted molar refractivity (Wildman–Crippen MR) is 96.7 cm³/mol. The highest BCUT2D eigenvalue weighted by molar-refractivity contribution is 5.94. The molecule has 2 heterocycles. The number of aryl methyl sites for hydroxylation is 1. The number of likely N-dealkylation sites (N-methyl/N-ethyl adjacent to an activating group) is 1. The maximum atomic E-state index is 13.2. The van der Waals surface area contributed by atoms with Crippen LogP contribution in [0.5, 0.6) is 0 Å². The van der Waals surface area contributed by atoms with E-state index >= 15 is 0 Å². The number of nitrogens with zero attached hydrogens (tertiary/aromatic N) is 4. The van der Waals surface area contributed by atoms with Gasteiger partial charge in [-0.05, 0) is 32.3 Å². The van der Waals surface area contributed by atoms with Crippen LogP contribution in [0.25, 0.3) is 0 Å². The Balaban J connectivity index is 1.96. The molecule has 3 rings (SSSR count). The quantitative estimate of drug-likeness (QED) is 0.797. The number of hydrogen-bond donors (Lipinski definition) is 0. The van der Waals surface area contributed by atoms with Gasteiger partial charge in [-0.1, -0.05) is 6.07 Å². The van der Waals surface area contributed by atoms with Gasteiger partial charge in [0, 0.05) is 37.5 Å². The Morgan fingerprint density at radius 1 is 1.36 bits per heavy atom. The Hall–Kier alpha value is -2.39. The van der Waals surface area contributed by atoms with Crippen LogP contribution in [-0.4, -0.2) is 65.4 Å². The number of carbonyl (C=O) groups excluding carboxylic acids is 1. The van der Waals surface area contributed by atoms with Gasteiger partial charge in [-0.25, -0.2) is 0 Å². The van der Waals surface area contributed by atoms with Crippen molar-refractivity contribution >= 4 is 5.91 Å². The number of alkyl halides is 3. The summed E-state index contributed by atoms with van der Waals surface area (Å²) in [4.78, 5) is 16.7. The Morgan fingerprint density at radius 3 is 2.71 bits per heavy atom. The summed E-state index contributed by atoms with van der Waals surface area (Å²) >= 11 is 0. The molecule has 152 valence electrons. The van der Waals surface area contributed by atoms with Gasteiger partial charge in [-0.2, -0.15) is 18.3 Å². The number of carbonyl (C=O) groups is 1. The van der Waals surface area contributed by atoms with Crippen LogP contribution in [0.15, 0.2) is 36.7 Å². The Kier molecular flexibility index (Phi) is 5.76. The fourth-order valence-electron chi connectivity index (χ4n) is 3.46. The number of ether oxygens (including phenoxy) is 1. The largest absolute Gasteiger partial charge is 0.416 e. The SMILES string of the molecule is CN(C)C[C@@H]1OCCN(C(=O)c2cccc(C(F)(F)F)c2)[C@H]1c1cnn(C)c1. The second kappa shape index (κ2) is 7.92. The smallest absolute Gasteiger partial charge is 0.373 e. The number of hydrogen-bond acceptors (Lipinski definition) is 4. The number of benzene rings is 1. The molecule has 0 bridgehead atoms. The lowest BCUT2D eigenvalue weighted by Crippen LogP contribution is -2.51. The maximum absolute atomic E-state index is 13.2. The minimum absolute atomic E-state index is 0.00854. The molecule has 2 atom stereocenters. The highest BCUT2D eigenvalue weighted by Gasteiger charge is 2.38. The topological polar surface area (TPSA) is 50.6 Å². The molecule has 6 nitrogen and oxygen atoms in total. The summed E-state index contributed by atoms with van der Waals surface area (Å²) in [5.74, 6) is -0.452. The number of morpholine rings is 1. The van der Waals surface area contributed by atoms with Crippen molar-refractivity contribution < 1.29 is 22.7 Å². The van der Waals surface area contributed by atoms with Gasteiger partial charge in [-0.15, -0.1) is 0 Å². The summed E-state index contributed by atoms with van der Waals surface area (Å²) < 4.78 is 46.7. The number of halogens is 3. The van der Waals surface area contributed by atoms with Gasteiger partial charge in [0.05, 0.1) is 30.5 Å². The molecule has 1 aromatic carbocycles. The lowest BCUT2D eigenvalue weighted by molar-refractivity contribution is -0.137. The average Bonchev–Trinajstić information content (AvgIpc) is 3.06. The molecule has 0 N–H and O–H groups in total. The summed E-state index contributed by atoms with van der Waals surface area (Å²) in [5, 5.41) is 4.18. The molecular weight excluding hydrogens is 373 g/mol. The van der Waals surface area contributed by atoms with Gasteiger partial charge in [0.1, 0.15) is 0 Å². The first-order valence-electron chi connectivity index (χ1n) is 8.90. The van der Waals surface area contributed by atoms with Crippen LogP contribution in [0.4, 0.5) is 13.2 Å². The van der Waals surface area contributed by atoms with E-state index in [0.717, 1.165) is 17.7 Å². The Morgan fingerprint density at radius 2 is 2.11 bits per heavy atom. The van der Waals surface area contributed by atoms with Crippen LogP contribution in [0, 0.1) is 0 Å². The van der Waals surface area contributed by atoms with E-state index < -0.39 is 23.7 Å². The van der Waals surface area contributed by atoms with E-state index in [0.29, 0.717) is 19.7 Å². The molecule has 1 aliphatic heterocycles. The summed E-state index contributed by atoms with van der Waals surface area (Å²) in [6, 6.07) is 4.09. The zero-order valence-electron chi connectivity index (χ0n) is 16.0. The van der Waals surface area contributed by atoms with Crippen molar-refractivity contribution in [3.63, 3.8) is 0 Å². The third kappa shape index (κ3) is 4.36. The van der Waals surface area contributed by atoms with Gasteiger partial charge < -0.3 is 14.5 Å². The zero-order valence-corrected chi connectivity index (χ0v) is 16.0. The molecule has 9 heteroatoms. The zero-order chi connectivity index (χ0) is 20.5. The normalized spacial score (nSPS) is 20.6. The molecular formula is C19H23F3N4O2. The third-order valence-electron chi connectivity index (χ3n) is 4.66. The second-order valence-electron chi connectivity index (χ2n) is 7.14. The molecule has 1 saturated heterocycles. The lowest BCUT2D eigenvalue weighted by Gasteiger charge is -2.42. The third-order valence-corrected chi connectivity index (χ3v) is 4.66. The van der Waals surface area contributed by atoms with E-state index in [1.165, 1.54) is 12.1 Å². The fraction of sp³-hybridized carbons (Fsp3) is 0.474. The van der Waals surface area contributed by atoms with Crippen molar-refractivity contribution in [2.24, 2.45) is 7.05 Å². The Labute approximate surface area is 161 Å². The number of aromatic nitrogens is 2. The maximum Gasteiger partial charge on any atom is 0.416 e. The van der Waals surface area contributed by atoms with E-state index in [1.54, 1.807) is 29.0 Å². The van der Waals surface area contributed by atoms with Crippen LogP contribution in [0.1, 0.15) is 27.5 Å². The van der Waals surface area contributed by atoms with Gasteiger partial charge in [0.15, 0.2) is 0 Å². The van der Waals surface area contributed by atoms with Gasteiger partial charge in [0.25, 0.3) is 5.91 Å². The highest BCUT2D eigenvalue weighted by atomic mass is 19.4. The second-order valence-corrected chi connectivity index (χ2v) is 7.14. The van der Waals surface area contributed by atoms with E-state index in [4.69, 9.17) is 4.74 Å². The van der Waals surface area contributed by atoms with Crippen molar-refractivity contribution in [3.05, 3.63) is 53.3 Å². The van der Waals surface area contributed by atoms with E-state index in [-0.39, 0.29) is 11.7 Å². The molecule has 1 fully saturated rings. The Bertz CT molecular complexity index is 835. The minimum Gasteiger partial charge on any atom is -0.373 e. The van der Waals surface area contributed by atoms with Crippen LogP contribution >= 0.6 is 0 Å². The van der Waals surface area contributed by atoms with E-state index in [2.05, 4.69) is 5.10 Å². The van der Waals surface area contributed by atoms with Crippen LogP contribution in [-0.2, 0) is 18.0 Å². The van der Waals surface area contributed by atoms with Crippen molar-refractivity contribution in [2.75, 3.05) is 33.8 Å². The van der Waals surface area contributed by atoms with Crippen molar-refractivity contribution in [1.29, 1.82) is 0 Å². The van der Waals surface area contributed by atoms with E-state index in [9.17, 15) is 18.0 Å². The molecule has 0 unspecified atom stereocenters. The summed E-state index contributed by atoms with van der Waals surface area (Å²) in [7, 11) is 5.57. The highest BCUT2D eigenvalue weighted by Crippen LogP contribution is 2.33. The van der Waals surface area contributed by atoms with Crippen molar-refractivity contribution in [1.82, 2.24) is 19.6 Å². The molecule has 1 amide bonds. The first kappa shape index (κ1) is 20.3. The predicted octanol–water partition coefficient (Wildman–Crippen LogP) is 2.58. The summed E-state index contributed by atoms with van der Waals surface area (Å²) in [6.07, 6.45) is -1.36. The summed E-state index contributed by atoms with van der Waals surface area (Å²) in [6.45, 7) is 1.17. The minimum atomic E-state index is -4.50. The first-order valence-corrected chi connectivity index (χ1v) is 8.90. The average molecular weight is 396 g/mol. The van der Waals surface area contributed by atoms with Crippen molar-refractivity contribution in [3.8, 4) is 0 Å². The monoisotopic (exact) mass is 396 g/mol. The lowest BCUT2D eigenvalue weighted by atomic mass is 9.99. The first-order chi connectivity index (χ1) is 13.2. The van der Waals surface area contributed by atoms with Crippen LogP contribution < -0.4 is 0 Å². The van der Waals surface area contributed by atoms with Crippen LogP contribution in [0.2, 0.25) is 0 Å². The molecule has 28 heavy (non-hydrogen) atoms. The number of amides is 1. The molecule has 2 aromatic rings. The van der Waals surface area contributed by atoms with Gasteiger partial charge in [0.2, 0.25) is 0 Å². The molecule has 0 aliphatic carbocycles. The molecule has 1 aliphatic rings. The molecule has 0 radical (unpaired) electrons. The molecule has 0 spiro atoms. The van der Waals surface area contributed by atoms with Crippen LogP contribution in [0.3, 0.4) is 0 Å². The standard InChI is InChI=1S/C19H23F3N4O2/c1-24(2)12-16-17(14-10-23-25(3)11-14)26(7-8-28-16)18(27)13-5-4-6-15(9-13)19(20,21)22/h4-6,9-11,16-17H,7-8,12H2,1-3H3/t16-,17-/m0/s1. The van der Waals surface area contributed by atoms with Crippen molar-refractivity contribution in [2.45, 2.75) is 18.3 Å².